The molecule has 0 fully saturated rings. The molecular weight excluding hydrogens is 406 g/mol. The third kappa shape index (κ3) is 3.95. The van der Waals surface area contributed by atoms with E-state index in [4.69, 9.17) is 4.98 Å². The van der Waals surface area contributed by atoms with Crippen LogP contribution in [-0.4, -0.2) is 15.2 Å². The van der Waals surface area contributed by atoms with Crippen molar-refractivity contribution in [3.8, 4) is 11.1 Å². The fourth-order valence-corrected chi connectivity index (χ4v) is 3.72. The van der Waals surface area contributed by atoms with Gasteiger partial charge in [-0.3, -0.25) is 5.10 Å². The van der Waals surface area contributed by atoms with Crippen LogP contribution in [0.3, 0.4) is 0 Å². The number of hydrogen-bond donors (Lipinski definition) is 2. The molecule has 5 aromatic rings. The molecule has 0 aliphatic heterocycles. The first-order chi connectivity index (χ1) is 15.6. The number of rotatable bonds is 5. The predicted molar refractivity (Wildman–Crippen MR) is 123 cm³/mol. The van der Waals surface area contributed by atoms with Crippen LogP contribution in [0.15, 0.2) is 78.9 Å². The van der Waals surface area contributed by atoms with Gasteiger partial charge in [0.05, 0.1) is 5.69 Å². The lowest BCUT2D eigenvalue weighted by atomic mass is 9.94. The van der Waals surface area contributed by atoms with Gasteiger partial charge in [0, 0.05) is 29.1 Å². The monoisotopic (exact) mass is 425 g/mol. The van der Waals surface area contributed by atoms with Crippen LogP contribution in [0.25, 0.3) is 21.9 Å². The van der Waals surface area contributed by atoms with E-state index in [0.29, 0.717) is 17.3 Å². The SMILES string of the molecule is Cc1cc(Nc2nc([CH]c3ccc(F)cc3)c(-c3ccc(F)cc3)c3ccccc23)n[nH]1. The Morgan fingerprint density at radius 2 is 1.50 bits per heavy atom. The maximum atomic E-state index is 13.6. The van der Waals surface area contributed by atoms with Crippen molar-refractivity contribution in [3.05, 3.63) is 114 Å². The summed E-state index contributed by atoms with van der Waals surface area (Å²) in [6.45, 7) is 1.93. The van der Waals surface area contributed by atoms with Gasteiger partial charge in [0.15, 0.2) is 5.82 Å². The van der Waals surface area contributed by atoms with Crippen LogP contribution in [0.5, 0.6) is 0 Å². The van der Waals surface area contributed by atoms with E-state index in [2.05, 4.69) is 15.5 Å². The summed E-state index contributed by atoms with van der Waals surface area (Å²) < 4.78 is 27.1. The minimum absolute atomic E-state index is 0.302. The van der Waals surface area contributed by atoms with E-state index < -0.39 is 0 Å². The van der Waals surface area contributed by atoms with Crippen LogP contribution in [0, 0.1) is 25.0 Å². The van der Waals surface area contributed by atoms with Crippen molar-refractivity contribution in [2.45, 2.75) is 6.92 Å². The van der Waals surface area contributed by atoms with E-state index in [-0.39, 0.29) is 11.6 Å². The number of fused-ring (bicyclic) bond motifs is 1. The standard InChI is InChI=1S/C26H19F2N4/c1-16-14-24(32-31-16)30-26-22-5-3-2-4-21(22)25(18-8-12-20(28)13-9-18)23(29-26)15-17-6-10-19(27)11-7-17/h2-15H,1H3,(H2,29,30,31,32). The van der Waals surface area contributed by atoms with Crippen LogP contribution in [0.2, 0.25) is 0 Å². The average molecular weight is 425 g/mol. The zero-order chi connectivity index (χ0) is 22.1. The first kappa shape index (κ1) is 19.9. The van der Waals surface area contributed by atoms with Gasteiger partial charge in [-0.2, -0.15) is 5.10 Å². The molecular formula is C26H19F2N4. The summed E-state index contributed by atoms with van der Waals surface area (Å²) in [5.41, 5.74) is 4.12. The Kier molecular flexibility index (Phi) is 5.11. The zero-order valence-corrected chi connectivity index (χ0v) is 17.2. The topological polar surface area (TPSA) is 53.6 Å². The number of hydrogen-bond acceptors (Lipinski definition) is 3. The minimum atomic E-state index is -0.303. The lowest BCUT2D eigenvalue weighted by molar-refractivity contribution is 0.627. The summed E-state index contributed by atoms with van der Waals surface area (Å²) in [5, 5.41) is 12.3. The number of aromatic nitrogens is 3. The van der Waals surface area contributed by atoms with Crippen molar-refractivity contribution in [3.63, 3.8) is 0 Å². The molecule has 0 saturated heterocycles. The molecule has 5 rings (SSSR count). The number of nitrogens with zero attached hydrogens (tertiary/aromatic N) is 2. The number of H-pyrrole nitrogens is 1. The Morgan fingerprint density at radius 1 is 0.844 bits per heavy atom. The molecule has 3 aromatic carbocycles. The summed E-state index contributed by atoms with van der Waals surface area (Å²) in [5.74, 6) is 0.694. The summed E-state index contributed by atoms with van der Waals surface area (Å²) in [4.78, 5) is 4.91. The number of halogens is 2. The highest BCUT2D eigenvalue weighted by atomic mass is 19.1. The third-order valence-electron chi connectivity index (χ3n) is 5.20. The van der Waals surface area contributed by atoms with Crippen molar-refractivity contribution in [1.29, 1.82) is 0 Å². The van der Waals surface area contributed by atoms with E-state index >= 15 is 0 Å². The van der Waals surface area contributed by atoms with E-state index in [1.165, 1.54) is 24.3 Å². The molecule has 0 saturated carbocycles. The van der Waals surface area contributed by atoms with E-state index in [0.717, 1.165) is 33.2 Å². The summed E-state index contributed by atoms with van der Waals surface area (Å²) in [6.07, 6.45) is 1.89. The van der Waals surface area contributed by atoms with E-state index in [1.54, 1.807) is 24.3 Å². The fraction of sp³-hybridized carbons (Fsp3) is 0.0385. The highest BCUT2D eigenvalue weighted by Crippen LogP contribution is 2.37. The minimum Gasteiger partial charge on any atom is -0.323 e. The Balaban J connectivity index is 1.72. The first-order valence-electron chi connectivity index (χ1n) is 10.1. The number of pyridine rings is 1. The second kappa shape index (κ2) is 8.23. The Hall–Kier alpha value is -4.06. The number of aromatic amines is 1. The quantitative estimate of drug-likeness (QED) is 0.335. The summed E-state index contributed by atoms with van der Waals surface area (Å²) in [7, 11) is 0. The molecule has 0 amide bonds. The number of nitrogens with one attached hydrogen (secondary N) is 2. The molecule has 6 heteroatoms. The molecule has 0 spiro atoms. The maximum absolute atomic E-state index is 13.6. The molecule has 0 unspecified atom stereocenters. The zero-order valence-electron chi connectivity index (χ0n) is 17.2. The highest BCUT2D eigenvalue weighted by Gasteiger charge is 2.17. The van der Waals surface area contributed by atoms with Gasteiger partial charge in [-0.1, -0.05) is 48.5 Å². The molecule has 157 valence electrons. The molecule has 2 N–H and O–H groups in total. The Bertz CT molecular complexity index is 1390. The first-order valence-corrected chi connectivity index (χ1v) is 10.1. The Labute approximate surface area is 184 Å². The Morgan fingerprint density at radius 3 is 2.16 bits per heavy atom. The van der Waals surface area contributed by atoms with Crippen LogP contribution in [0.4, 0.5) is 20.4 Å². The van der Waals surface area contributed by atoms with Gasteiger partial charge >= 0.3 is 0 Å². The van der Waals surface area contributed by atoms with Crippen molar-refractivity contribution in [1.82, 2.24) is 15.2 Å². The number of aryl methyl sites for hydroxylation is 1. The van der Waals surface area contributed by atoms with Crippen LogP contribution >= 0.6 is 0 Å². The average Bonchev–Trinajstić information content (AvgIpc) is 3.21. The fourth-order valence-electron chi connectivity index (χ4n) is 3.72. The van der Waals surface area contributed by atoms with Gasteiger partial charge in [0.2, 0.25) is 0 Å². The molecule has 0 aliphatic rings. The molecule has 32 heavy (non-hydrogen) atoms. The van der Waals surface area contributed by atoms with Crippen molar-refractivity contribution >= 4 is 22.4 Å². The van der Waals surface area contributed by atoms with Crippen LogP contribution in [-0.2, 0) is 0 Å². The van der Waals surface area contributed by atoms with Gasteiger partial charge in [0.1, 0.15) is 17.5 Å². The van der Waals surface area contributed by atoms with Crippen molar-refractivity contribution in [2.24, 2.45) is 0 Å². The van der Waals surface area contributed by atoms with E-state index in [9.17, 15) is 8.78 Å². The molecule has 2 aromatic heterocycles. The van der Waals surface area contributed by atoms with Gasteiger partial charge in [-0.25, -0.2) is 13.8 Å². The van der Waals surface area contributed by atoms with Crippen molar-refractivity contribution in [2.75, 3.05) is 5.32 Å². The lowest BCUT2D eigenvalue weighted by Crippen LogP contribution is -2.02. The van der Waals surface area contributed by atoms with Crippen LogP contribution < -0.4 is 5.32 Å². The van der Waals surface area contributed by atoms with Gasteiger partial charge in [-0.05, 0) is 47.7 Å². The van der Waals surface area contributed by atoms with Crippen LogP contribution in [0.1, 0.15) is 17.0 Å². The lowest BCUT2D eigenvalue weighted by Gasteiger charge is -2.16. The van der Waals surface area contributed by atoms with E-state index in [1.807, 2.05) is 43.7 Å². The van der Waals surface area contributed by atoms with Gasteiger partial charge in [0.25, 0.3) is 0 Å². The molecule has 0 atom stereocenters. The molecule has 4 nitrogen and oxygen atoms in total. The molecule has 1 radical (unpaired) electrons. The number of benzene rings is 3. The molecule has 0 aliphatic carbocycles. The molecule has 2 heterocycles. The second-order valence-corrected chi connectivity index (χ2v) is 7.53. The van der Waals surface area contributed by atoms with Gasteiger partial charge in [-0.15, -0.1) is 0 Å². The largest absolute Gasteiger partial charge is 0.323 e. The second-order valence-electron chi connectivity index (χ2n) is 7.53. The van der Waals surface area contributed by atoms with Gasteiger partial charge < -0.3 is 5.32 Å². The smallest absolute Gasteiger partial charge is 0.153 e. The summed E-state index contributed by atoms with van der Waals surface area (Å²) in [6, 6.07) is 22.4. The normalized spacial score (nSPS) is 11.1. The maximum Gasteiger partial charge on any atom is 0.153 e. The van der Waals surface area contributed by atoms with Crippen molar-refractivity contribution < 1.29 is 8.78 Å². The highest BCUT2D eigenvalue weighted by molar-refractivity contribution is 6.04. The molecule has 0 bridgehead atoms. The third-order valence-corrected chi connectivity index (χ3v) is 5.20. The number of anilines is 2. The summed E-state index contributed by atoms with van der Waals surface area (Å²) >= 11 is 0. The predicted octanol–water partition coefficient (Wildman–Crippen LogP) is 6.56.